The minimum absolute atomic E-state index is 0.481. The number of hydrogen-bond donors (Lipinski definition) is 0. The number of aromatic nitrogens is 2. The van der Waals surface area contributed by atoms with Gasteiger partial charge >= 0.3 is 0 Å². The molecule has 2 heterocycles. The Morgan fingerprint density at radius 1 is 1.06 bits per heavy atom. The van der Waals surface area contributed by atoms with Crippen molar-refractivity contribution < 1.29 is 0 Å². The molecule has 3 rings (SSSR count). The lowest BCUT2D eigenvalue weighted by molar-refractivity contribution is 1.00. The summed E-state index contributed by atoms with van der Waals surface area (Å²) in [5.74, 6) is 0. The highest BCUT2D eigenvalue weighted by Crippen LogP contribution is 2.34. The van der Waals surface area contributed by atoms with E-state index in [-0.39, 0.29) is 0 Å². The smallest absolute Gasteiger partial charge is 0.149 e. The van der Waals surface area contributed by atoms with Crippen molar-refractivity contribution in [2.24, 2.45) is 0 Å². The lowest BCUT2D eigenvalue weighted by Crippen LogP contribution is -1.96. The molecule has 90 valence electrons. The molecule has 0 saturated carbocycles. The van der Waals surface area contributed by atoms with Gasteiger partial charge in [0.1, 0.15) is 0 Å². The van der Waals surface area contributed by atoms with E-state index in [0.29, 0.717) is 5.15 Å². The van der Waals surface area contributed by atoms with Crippen LogP contribution in [0.2, 0.25) is 5.15 Å². The molecule has 1 aromatic carbocycles. The molecular formula is C14H11ClN2S. The average molecular weight is 275 g/mol. The molecule has 2 aromatic heterocycles. The van der Waals surface area contributed by atoms with Crippen LogP contribution in [0.15, 0.2) is 29.6 Å². The molecule has 0 N–H and O–H groups in total. The summed E-state index contributed by atoms with van der Waals surface area (Å²) in [6, 6.07) is 8.37. The maximum absolute atomic E-state index is 6.00. The van der Waals surface area contributed by atoms with Crippen molar-refractivity contribution in [3.05, 3.63) is 45.9 Å². The van der Waals surface area contributed by atoms with Gasteiger partial charge in [0.2, 0.25) is 0 Å². The molecule has 0 amide bonds. The van der Waals surface area contributed by atoms with Gasteiger partial charge in [-0.25, -0.2) is 0 Å². The van der Waals surface area contributed by atoms with Crippen LogP contribution in [-0.4, -0.2) is 10.2 Å². The first-order valence-electron chi connectivity index (χ1n) is 5.64. The summed E-state index contributed by atoms with van der Waals surface area (Å²) < 4.78 is 1.25. The first-order chi connectivity index (χ1) is 8.68. The number of halogens is 1. The van der Waals surface area contributed by atoms with E-state index in [1.54, 1.807) is 11.3 Å². The SMILES string of the molecule is Cc1c(Cl)nnc(-c2cccc3ccsc23)c1C. The van der Waals surface area contributed by atoms with Crippen LogP contribution in [0.4, 0.5) is 0 Å². The van der Waals surface area contributed by atoms with Gasteiger partial charge in [0.25, 0.3) is 0 Å². The van der Waals surface area contributed by atoms with Crippen LogP contribution >= 0.6 is 22.9 Å². The van der Waals surface area contributed by atoms with Crippen LogP contribution < -0.4 is 0 Å². The third-order valence-corrected chi connectivity index (χ3v) is 4.52. The highest BCUT2D eigenvalue weighted by molar-refractivity contribution is 7.17. The normalized spacial score (nSPS) is 11.1. The summed E-state index contributed by atoms with van der Waals surface area (Å²) in [7, 11) is 0. The molecule has 0 spiro atoms. The molecule has 0 saturated heterocycles. The summed E-state index contributed by atoms with van der Waals surface area (Å²) in [5, 5.41) is 12.1. The zero-order valence-electron chi connectivity index (χ0n) is 10.1. The van der Waals surface area contributed by atoms with E-state index in [1.165, 1.54) is 10.1 Å². The quantitative estimate of drug-likeness (QED) is 0.647. The average Bonchev–Trinajstić information content (AvgIpc) is 2.84. The second-order valence-corrected chi connectivity index (χ2v) is 5.51. The van der Waals surface area contributed by atoms with Gasteiger partial charge < -0.3 is 0 Å². The number of nitrogens with zero attached hydrogens (tertiary/aromatic N) is 2. The number of rotatable bonds is 1. The van der Waals surface area contributed by atoms with Crippen molar-refractivity contribution in [2.75, 3.05) is 0 Å². The van der Waals surface area contributed by atoms with E-state index in [4.69, 9.17) is 11.6 Å². The van der Waals surface area contributed by atoms with Gasteiger partial charge in [-0.05, 0) is 41.8 Å². The zero-order chi connectivity index (χ0) is 12.7. The maximum Gasteiger partial charge on any atom is 0.154 e. The molecule has 0 aliphatic carbocycles. The van der Waals surface area contributed by atoms with Gasteiger partial charge in [-0.1, -0.05) is 29.8 Å². The number of hydrogen-bond acceptors (Lipinski definition) is 3. The van der Waals surface area contributed by atoms with Crippen LogP contribution in [0.3, 0.4) is 0 Å². The summed E-state index contributed by atoms with van der Waals surface area (Å²) in [6.45, 7) is 4.02. The van der Waals surface area contributed by atoms with Gasteiger partial charge in [-0.2, -0.15) is 0 Å². The summed E-state index contributed by atoms with van der Waals surface area (Å²) in [6.07, 6.45) is 0. The Labute approximate surface area is 114 Å². The third kappa shape index (κ3) is 1.71. The van der Waals surface area contributed by atoms with Crippen molar-refractivity contribution >= 4 is 33.0 Å². The molecule has 4 heteroatoms. The molecule has 0 aliphatic heterocycles. The summed E-state index contributed by atoms with van der Waals surface area (Å²) >= 11 is 7.73. The van der Waals surface area contributed by atoms with E-state index < -0.39 is 0 Å². The standard InChI is InChI=1S/C14H11ClN2S/c1-8-9(2)14(15)17-16-12(8)11-5-3-4-10-6-7-18-13(10)11/h3-7H,1-2H3. The predicted molar refractivity (Wildman–Crippen MR) is 77.3 cm³/mol. The van der Waals surface area contributed by atoms with Gasteiger partial charge in [0.15, 0.2) is 5.15 Å². The summed E-state index contributed by atoms with van der Waals surface area (Å²) in [4.78, 5) is 0. The Hall–Kier alpha value is -1.45. The fourth-order valence-electron chi connectivity index (χ4n) is 2.01. The fraction of sp³-hybridized carbons (Fsp3) is 0.143. The van der Waals surface area contributed by atoms with Crippen molar-refractivity contribution in [1.82, 2.24) is 10.2 Å². The first-order valence-corrected chi connectivity index (χ1v) is 6.90. The molecule has 0 aliphatic rings. The minimum Gasteiger partial charge on any atom is -0.149 e. The fourth-order valence-corrected chi connectivity index (χ4v) is 3.11. The molecule has 3 aromatic rings. The van der Waals surface area contributed by atoms with Crippen molar-refractivity contribution in [2.45, 2.75) is 13.8 Å². The topological polar surface area (TPSA) is 25.8 Å². The summed E-state index contributed by atoms with van der Waals surface area (Å²) in [5.41, 5.74) is 4.14. The third-order valence-electron chi connectivity index (χ3n) is 3.20. The van der Waals surface area contributed by atoms with E-state index >= 15 is 0 Å². The molecule has 0 atom stereocenters. The minimum atomic E-state index is 0.481. The Balaban J connectivity index is 2.33. The monoisotopic (exact) mass is 274 g/mol. The molecule has 0 radical (unpaired) electrons. The molecule has 0 bridgehead atoms. The second-order valence-electron chi connectivity index (χ2n) is 4.23. The van der Waals surface area contributed by atoms with Gasteiger partial charge in [0.05, 0.1) is 5.69 Å². The highest BCUT2D eigenvalue weighted by Gasteiger charge is 2.13. The lowest BCUT2D eigenvalue weighted by atomic mass is 10.0. The largest absolute Gasteiger partial charge is 0.154 e. The Kier molecular flexibility index (Phi) is 2.80. The number of fused-ring (bicyclic) bond motifs is 1. The Morgan fingerprint density at radius 2 is 1.89 bits per heavy atom. The highest BCUT2D eigenvalue weighted by atomic mass is 35.5. The van der Waals surface area contributed by atoms with Crippen LogP contribution in [0.1, 0.15) is 11.1 Å². The van der Waals surface area contributed by atoms with Crippen molar-refractivity contribution in [3.63, 3.8) is 0 Å². The predicted octanol–water partition coefficient (Wildman–Crippen LogP) is 4.63. The van der Waals surface area contributed by atoms with Gasteiger partial charge in [-0.3, -0.25) is 0 Å². The molecule has 2 nitrogen and oxygen atoms in total. The molecule has 0 unspecified atom stereocenters. The zero-order valence-corrected chi connectivity index (χ0v) is 11.6. The van der Waals surface area contributed by atoms with Crippen LogP contribution in [0.25, 0.3) is 21.3 Å². The van der Waals surface area contributed by atoms with Crippen LogP contribution in [0, 0.1) is 13.8 Å². The van der Waals surface area contributed by atoms with Crippen LogP contribution in [-0.2, 0) is 0 Å². The maximum atomic E-state index is 6.00. The van der Waals surface area contributed by atoms with Gasteiger partial charge in [0, 0.05) is 10.3 Å². The molecule has 18 heavy (non-hydrogen) atoms. The number of thiophene rings is 1. The Bertz CT molecular complexity index is 734. The van der Waals surface area contributed by atoms with E-state index in [0.717, 1.165) is 22.4 Å². The molecular weight excluding hydrogens is 264 g/mol. The van der Waals surface area contributed by atoms with Crippen LogP contribution in [0.5, 0.6) is 0 Å². The number of benzene rings is 1. The first kappa shape index (κ1) is 11.6. The van der Waals surface area contributed by atoms with E-state index in [1.807, 2.05) is 13.8 Å². The van der Waals surface area contributed by atoms with Gasteiger partial charge in [-0.15, -0.1) is 21.5 Å². The van der Waals surface area contributed by atoms with Crippen molar-refractivity contribution in [3.8, 4) is 11.3 Å². The molecule has 0 fully saturated rings. The Morgan fingerprint density at radius 3 is 2.72 bits per heavy atom. The van der Waals surface area contributed by atoms with E-state index in [2.05, 4.69) is 39.8 Å². The lowest BCUT2D eigenvalue weighted by Gasteiger charge is -2.08. The second kappa shape index (κ2) is 4.34. The van der Waals surface area contributed by atoms with Crippen molar-refractivity contribution in [1.29, 1.82) is 0 Å². The van der Waals surface area contributed by atoms with E-state index in [9.17, 15) is 0 Å².